The van der Waals surface area contributed by atoms with Crippen LogP contribution in [0.3, 0.4) is 0 Å². The Bertz CT molecular complexity index is 546. The molecule has 4 heteroatoms. The van der Waals surface area contributed by atoms with Gasteiger partial charge in [0.05, 0.1) is 6.07 Å². The Morgan fingerprint density at radius 2 is 1.78 bits per heavy atom. The molecule has 0 radical (unpaired) electrons. The van der Waals surface area contributed by atoms with Gasteiger partial charge < -0.3 is 10.2 Å². The zero-order valence-corrected chi connectivity index (χ0v) is 14.4. The lowest BCUT2D eigenvalue weighted by Crippen LogP contribution is -2.47. The smallest absolute Gasteiger partial charge is 0.125 e. The van der Waals surface area contributed by atoms with Crippen molar-refractivity contribution in [3.63, 3.8) is 0 Å². The summed E-state index contributed by atoms with van der Waals surface area (Å²) in [4.78, 5) is 5.02. The first kappa shape index (κ1) is 16.1. The van der Waals surface area contributed by atoms with Crippen molar-refractivity contribution >= 4 is 11.4 Å². The number of nitriles is 1. The van der Waals surface area contributed by atoms with E-state index in [4.69, 9.17) is 0 Å². The van der Waals surface area contributed by atoms with Gasteiger partial charge in [0.1, 0.15) is 5.54 Å². The van der Waals surface area contributed by atoms with E-state index in [9.17, 15) is 5.26 Å². The van der Waals surface area contributed by atoms with Crippen LogP contribution >= 0.6 is 0 Å². The summed E-state index contributed by atoms with van der Waals surface area (Å²) < 4.78 is 0. The van der Waals surface area contributed by atoms with Crippen molar-refractivity contribution in [2.45, 2.75) is 38.6 Å². The molecule has 0 unspecified atom stereocenters. The van der Waals surface area contributed by atoms with Gasteiger partial charge in [-0.1, -0.05) is 13.8 Å². The third kappa shape index (κ3) is 3.79. The Kier molecular flexibility index (Phi) is 4.77. The summed E-state index contributed by atoms with van der Waals surface area (Å²) in [7, 11) is 0. The molecular formula is C19H28N4. The van der Waals surface area contributed by atoms with Crippen molar-refractivity contribution in [2.75, 3.05) is 42.9 Å². The summed E-state index contributed by atoms with van der Waals surface area (Å²) in [6.07, 6.45) is 3.07. The molecule has 1 saturated carbocycles. The standard InChI is InChI=1S/C19H28N4/c1-16(2)14-22-10-12-23(13-11-22)18-6-4-17(5-7-18)21-19(15-20)8-3-9-19/h4-7,16,21H,3,8-14H2,1-2H3. The first-order chi connectivity index (χ1) is 11.1. The van der Waals surface area contributed by atoms with Crippen LogP contribution in [0.5, 0.6) is 0 Å². The zero-order chi connectivity index (χ0) is 16.3. The molecule has 1 aliphatic heterocycles. The monoisotopic (exact) mass is 312 g/mol. The van der Waals surface area contributed by atoms with Crippen LogP contribution < -0.4 is 10.2 Å². The molecular weight excluding hydrogens is 284 g/mol. The topological polar surface area (TPSA) is 42.3 Å². The Hall–Kier alpha value is -1.73. The fraction of sp³-hybridized carbons (Fsp3) is 0.632. The third-order valence-electron chi connectivity index (χ3n) is 5.03. The Balaban J connectivity index is 1.55. The average molecular weight is 312 g/mol. The maximum atomic E-state index is 9.32. The fourth-order valence-corrected chi connectivity index (χ4v) is 3.53. The highest BCUT2D eigenvalue weighted by molar-refractivity contribution is 5.57. The van der Waals surface area contributed by atoms with Crippen molar-refractivity contribution in [2.24, 2.45) is 5.92 Å². The molecule has 23 heavy (non-hydrogen) atoms. The summed E-state index contributed by atoms with van der Waals surface area (Å²) in [6.45, 7) is 10.3. The lowest BCUT2D eigenvalue weighted by atomic mass is 9.78. The molecule has 2 fully saturated rings. The molecule has 4 nitrogen and oxygen atoms in total. The van der Waals surface area contributed by atoms with Crippen LogP contribution in [0.1, 0.15) is 33.1 Å². The van der Waals surface area contributed by atoms with Crippen LogP contribution in [0.4, 0.5) is 11.4 Å². The summed E-state index contributed by atoms with van der Waals surface area (Å²) >= 11 is 0. The third-order valence-corrected chi connectivity index (χ3v) is 5.03. The van der Waals surface area contributed by atoms with Gasteiger partial charge in [-0.05, 0) is 49.4 Å². The molecule has 1 heterocycles. The Morgan fingerprint density at radius 3 is 2.26 bits per heavy atom. The average Bonchev–Trinajstić information content (AvgIpc) is 2.52. The van der Waals surface area contributed by atoms with Gasteiger partial charge in [-0.25, -0.2) is 0 Å². The van der Waals surface area contributed by atoms with Crippen molar-refractivity contribution in [3.8, 4) is 6.07 Å². The molecule has 124 valence electrons. The number of hydrogen-bond donors (Lipinski definition) is 1. The van der Waals surface area contributed by atoms with Crippen molar-refractivity contribution in [1.29, 1.82) is 5.26 Å². The van der Waals surface area contributed by atoms with Crippen molar-refractivity contribution in [3.05, 3.63) is 24.3 Å². The van der Waals surface area contributed by atoms with Crippen LogP contribution in [0, 0.1) is 17.2 Å². The van der Waals surface area contributed by atoms with E-state index in [0.29, 0.717) is 0 Å². The molecule has 1 aromatic carbocycles. The first-order valence-corrected chi connectivity index (χ1v) is 8.87. The first-order valence-electron chi connectivity index (χ1n) is 8.87. The minimum absolute atomic E-state index is 0.315. The number of piperazine rings is 1. The summed E-state index contributed by atoms with van der Waals surface area (Å²) in [6, 6.07) is 11.0. The maximum Gasteiger partial charge on any atom is 0.125 e. The number of benzene rings is 1. The largest absolute Gasteiger partial charge is 0.369 e. The molecule has 0 spiro atoms. The van der Waals surface area contributed by atoms with Crippen LogP contribution in [-0.4, -0.2) is 43.2 Å². The van der Waals surface area contributed by atoms with E-state index in [1.165, 1.54) is 12.2 Å². The van der Waals surface area contributed by atoms with Gasteiger partial charge in [0.25, 0.3) is 0 Å². The SMILES string of the molecule is CC(C)CN1CCN(c2ccc(NC3(C#N)CCC3)cc2)CC1. The molecule has 1 aromatic rings. The highest BCUT2D eigenvalue weighted by atomic mass is 15.3. The number of hydrogen-bond acceptors (Lipinski definition) is 4. The molecule has 1 saturated heterocycles. The summed E-state index contributed by atoms with van der Waals surface area (Å²) in [5, 5.41) is 12.7. The number of anilines is 2. The minimum atomic E-state index is -0.315. The maximum absolute atomic E-state index is 9.32. The number of nitrogens with zero attached hydrogens (tertiary/aromatic N) is 3. The highest BCUT2D eigenvalue weighted by Crippen LogP contribution is 2.35. The van der Waals surface area contributed by atoms with Crippen molar-refractivity contribution in [1.82, 2.24) is 4.90 Å². The normalized spacial score (nSPS) is 20.9. The second-order valence-corrected chi connectivity index (χ2v) is 7.40. The van der Waals surface area contributed by atoms with Crippen molar-refractivity contribution < 1.29 is 0 Å². The zero-order valence-electron chi connectivity index (χ0n) is 14.4. The molecule has 1 N–H and O–H groups in total. The quantitative estimate of drug-likeness (QED) is 0.905. The lowest BCUT2D eigenvalue weighted by Gasteiger charge is -2.38. The van der Waals surface area contributed by atoms with Gasteiger partial charge in [0.15, 0.2) is 0 Å². The van der Waals surface area contributed by atoms with Crippen LogP contribution in [0.25, 0.3) is 0 Å². The van der Waals surface area contributed by atoms with Gasteiger partial charge in [0, 0.05) is 44.1 Å². The highest BCUT2D eigenvalue weighted by Gasteiger charge is 2.36. The van der Waals surface area contributed by atoms with Crippen LogP contribution in [0.2, 0.25) is 0 Å². The summed E-state index contributed by atoms with van der Waals surface area (Å²) in [5.41, 5.74) is 2.04. The van der Waals surface area contributed by atoms with Crippen LogP contribution in [-0.2, 0) is 0 Å². The molecule has 0 atom stereocenters. The second kappa shape index (κ2) is 6.80. The molecule has 0 amide bonds. The van der Waals surface area contributed by atoms with E-state index in [1.807, 2.05) is 0 Å². The van der Waals surface area contributed by atoms with E-state index in [1.54, 1.807) is 0 Å². The number of nitrogens with one attached hydrogen (secondary N) is 1. The van der Waals surface area contributed by atoms with Crippen LogP contribution in [0.15, 0.2) is 24.3 Å². The number of rotatable bonds is 5. The van der Waals surface area contributed by atoms with E-state index >= 15 is 0 Å². The summed E-state index contributed by atoms with van der Waals surface area (Å²) in [5.74, 6) is 0.742. The van der Waals surface area contributed by atoms with Gasteiger partial charge in [0.2, 0.25) is 0 Å². The van der Waals surface area contributed by atoms with Gasteiger partial charge in [-0.15, -0.1) is 0 Å². The molecule has 0 aromatic heterocycles. The lowest BCUT2D eigenvalue weighted by molar-refractivity contribution is 0.231. The second-order valence-electron chi connectivity index (χ2n) is 7.40. The molecule has 2 aliphatic rings. The molecule has 3 rings (SSSR count). The predicted octanol–water partition coefficient (Wildman–Crippen LogP) is 3.32. The van der Waals surface area contributed by atoms with E-state index < -0.39 is 0 Å². The van der Waals surface area contributed by atoms with E-state index in [2.05, 4.69) is 59.3 Å². The van der Waals surface area contributed by atoms with Gasteiger partial charge in [-0.3, -0.25) is 4.90 Å². The molecule has 0 bridgehead atoms. The van der Waals surface area contributed by atoms with Gasteiger partial charge in [-0.2, -0.15) is 5.26 Å². The Labute approximate surface area is 140 Å². The van der Waals surface area contributed by atoms with Gasteiger partial charge >= 0.3 is 0 Å². The molecule has 1 aliphatic carbocycles. The Morgan fingerprint density at radius 1 is 1.13 bits per heavy atom. The fourth-order valence-electron chi connectivity index (χ4n) is 3.53. The minimum Gasteiger partial charge on any atom is -0.369 e. The van der Waals surface area contributed by atoms with E-state index in [0.717, 1.165) is 57.0 Å². The predicted molar refractivity (Wildman–Crippen MR) is 95.8 cm³/mol. The van der Waals surface area contributed by atoms with E-state index in [-0.39, 0.29) is 5.54 Å².